The highest BCUT2D eigenvalue weighted by molar-refractivity contribution is 6.30. The fourth-order valence-corrected chi connectivity index (χ4v) is 1.98. The van der Waals surface area contributed by atoms with E-state index in [1.54, 1.807) is 36.7 Å². The van der Waals surface area contributed by atoms with Crippen LogP contribution in [0.25, 0.3) is 17.1 Å². The molecular weight excluding hydrogens is 292 g/mol. The van der Waals surface area contributed by atoms with Crippen molar-refractivity contribution in [3.8, 4) is 17.1 Å². The normalized spacial score (nSPS) is 10.5. The number of carboxylic acid groups (broad SMARTS) is 1. The zero-order valence-electron chi connectivity index (χ0n) is 10.6. The maximum Gasteiger partial charge on any atom is 0.356 e. The van der Waals surface area contributed by atoms with Crippen LogP contribution in [0.1, 0.15) is 10.5 Å². The van der Waals surface area contributed by atoms with Gasteiger partial charge in [0.05, 0.1) is 28.3 Å². The van der Waals surface area contributed by atoms with Gasteiger partial charge in [0, 0.05) is 18.5 Å². The van der Waals surface area contributed by atoms with Gasteiger partial charge in [-0.1, -0.05) is 11.6 Å². The topological polar surface area (TPSA) is 80.9 Å². The number of rotatable bonds is 3. The van der Waals surface area contributed by atoms with Crippen LogP contribution in [-0.2, 0) is 0 Å². The van der Waals surface area contributed by atoms with E-state index in [2.05, 4.69) is 15.1 Å². The van der Waals surface area contributed by atoms with Crippen LogP contribution in [0.3, 0.4) is 0 Å². The summed E-state index contributed by atoms with van der Waals surface area (Å²) < 4.78 is 1.49. The second-order valence-electron chi connectivity index (χ2n) is 4.20. The van der Waals surface area contributed by atoms with Crippen molar-refractivity contribution in [2.24, 2.45) is 0 Å². The fraction of sp³-hybridized carbons (Fsp3) is 0. The first kappa shape index (κ1) is 13.3. The molecule has 0 saturated carbocycles. The standard InChI is InChI=1S/C14H9ClN4O2/c15-9-3-4-11(17-7-9)13-6-12(14(20)21)18-19(13)10-2-1-5-16-8-10/h1-8H,(H,20,21). The van der Waals surface area contributed by atoms with Crippen molar-refractivity contribution in [3.05, 3.63) is 59.6 Å². The Bertz CT molecular complexity index is 784. The Morgan fingerprint density at radius 1 is 1.24 bits per heavy atom. The summed E-state index contributed by atoms with van der Waals surface area (Å²) in [5, 5.41) is 13.7. The molecule has 0 aromatic carbocycles. The van der Waals surface area contributed by atoms with Crippen LogP contribution in [0, 0.1) is 0 Å². The fourth-order valence-electron chi connectivity index (χ4n) is 1.87. The number of aromatic nitrogens is 4. The van der Waals surface area contributed by atoms with Crippen LogP contribution in [-0.4, -0.2) is 30.8 Å². The Balaban J connectivity index is 2.19. The molecule has 21 heavy (non-hydrogen) atoms. The van der Waals surface area contributed by atoms with Gasteiger partial charge >= 0.3 is 5.97 Å². The molecular formula is C14H9ClN4O2. The van der Waals surface area contributed by atoms with Gasteiger partial charge in [0.25, 0.3) is 0 Å². The minimum absolute atomic E-state index is 0.0643. The van der Waals surface area contributed by atoms with Gasteiger partial charge < -0.3 is 5.11 Å². The molecule has 0 aliphatic carbocycles. The number of hydrogen-bond donors (Lipinski definition) is 1. The summed E-state index contributed by atoms with van der Waals surface area (Å²) >= 11 is 5.82. The van der Waals surface area contributed by atoms with Crippen LogP contribution < -0.4 is 0 Å². The van der Waals surface area contributed by atoms with E-state index in [0.717, 1.165) is 0 Å². The number of nitrogens with zero attached hydrogens (tertiary/aromatic N) is 4. The highest BCUT2D eigenvalue weighted by Gasteiger charge is 2.16. The SMILES string of the molecule is O=C(O)c1cc(-c2ccc(Cl)cn2)n(-c2cccnc2)n1. The first-order chi connectivity index (χ1) is 10.1. The summed E-state index contributed by atoms with van der Waals surface area (Å²) in [5.74, 6) is -1.10. The van der Waals surface area contributed by atoms with Crippen LogP contribution in [0.2, 0.25) is 5.02 Å². The zero-order valence-corrected chi connectivity index (χ0v) is 11.4. The first-order valence-corrected chi connectivity index (χ1v) is 6.38. The maximum absolute atomic E-state index is 11.2. The lowest BCUT2D eigenvalue weighted by Gasteiger charge is -2.06. The number of pyridine rings is 2. The molecule has 0 fully saturated rings. The van der Waals surface area contributed by atoms with E-state index in [1.165, 1.54) is 16.9 Å². The molecule has 3 aromatic rings. The van der Waals surface area contributed by atoms with E-state index < -0.39 is 5.97 Å². The Morgan fingerprint density at radius 3 is 2.71 bits per heavy atom. The van der Waals surface area contributed by atoms with Crippen molar-refractivity contribution in [1.29, 1.82) is 0 Å². The minimum Gasteiger partial charge on any atom is -0.476 e. The van der Waals surface area contributed by atoms with E-state index in [0.29, 0.717) is 22.1 Å². The largest absolute Gasteiger partial charge is 0.476 e. The Morgan fingerprint density at radius 2 is 2.10 bits per heavy atom. The van der Waals surface area contributed by atoms with Crippen molar-refractivity contribution in [1.82, 2.24) is 19.7 Å². The third-order valence-corrected chi connectivity index (χ3v) is 3.03. The number of hydrogen-bond acceptors (Lipinski definition) is 4. The predicted molar refractivity (Wildman–Crippen MR) is 76.6 cm³/mol. The van der Waals surface area contributed by atoms with Crippen LogP contribution in [0.4, 0.5) is 0 Å². The van der Waals surface area contributed by atoms with Crippen molar-refractivity contribution >= 4 is 17.6 Å². The predicted octanol–water partition coefficient (Wildman–Crippen LogP) is 2.68. The van der Waals surface area contributed by atoms with Crippen molar-refractivity contribution < 1.29 is 9.90 Å². The lowest BCUT2D eigenvalue weighted by molar-refractivity contribution is 0.0690. The maximum atomic E-state index is 11.2. The lowest BCUT2D eigenvalue weighted by Crippen LogP contribution is -2.02. The van der Waals surface area contributed by atoms with E-state index in [1.807, 2.05) is 0 Å². The van der Waals surface area contributed by atoms with E-state index in [-0.39, 0.29) is 5.69 Å². The summed E-state index contributed by atoms with van der Waals surface area (Å²) in [6, 6.07) is 8.38. The minimum atomic E-state index is -1.10. The molecule has 7 heteroatoms. The monoisotopic (exact) mass is 300 g/mol. The lowest BCUT2D eigenvalue weighted by atomic mass is 10.2. The second kappa shape index (κ2) is 5.34. The Kier molecular flexibility index (Phi) is 3.37. The highest BCUT2D eigenvalue weighted by atomic mass is 35.5. The van der Waals surface area contributed by atoms with Gasteiger partial charge in [-0.3, -0.25) is 9.97 Å². The van der Waals surface area contributed by atoms with Crippen molar-refractivity contribution in [3.63, 3.8) is 0 Å². The second-order valence-corrected chi connectivity index (χ2v) is 4.64. The first-order valence-electron chi connectivity index (χ1n) is 6.01. The summed E-state index contributed by atoms with van der Waals surface area (Å²) in [5.41, 5.74) is 1.71. The van der Waals surface area contributed by atoms with E-state index in [4.69, 9.17) is 16.7 Å². The van der Waals surface area contributed by atoms with E-state index in [9.17, 15) is 4.79 Å². The van der Waals surface area contributed by atoms with Crippen LogP contribution >= 0.6 is 11.6 Å². The third kappa shape index (κ3) is 2.61. The molecule has 3 rings (SSSR count). The Hall–Kier alpha value is -2.73. The van der Waals surface area contributed by atoms with Gasteiger partial charge in [0.15, 0.2) is 5.69 Å². The molecule has 0 spiro atoms. The zero-order chi connectivity index (χ0) is 14.8. The molecule has 3 aromatic heterocycles. The van der Waals surface area contributed by atoms with Gasteiger partial charge in [-0.25, -0.2) is 9.48 Å². The van der Waals surface area contributed by atoms with Gasteiger partial charge in [0.1, 0.15) is 0 Å². The molecule has 0 saturated heterocycles. The third-order valence-electron chi connectivity index (χ3n) is 2.81. The number of carbonyl (C=O) groups is 1. The average molecular weight is 301 g/mol. The smallest absolute Gasteiger partial charge is 0.356 e. The quantitative estimate of drug-likeness (QED) is 0.804. The number of halogens is 1. The molecule has 104 valence electrons. The van der Waals surface area contributed by atoms with Crippen molar-refractivity contribution in [2.75, 3.05) is 0 Å². The van der Waals surface area contributed by atoms with Gasteiger partial charge in [-0.2, -0.15) is 5.10 Å². The highest BCUT2D eigenvalue weighted by Crippen LogP contribution is 2.23. The average Bonchev–Trinajstić information content (AvgIpc) is 2.94. The number of carboxylic acids is 1. The molecule has 0 amide bonds. The molecule has 0 unspecified atom stereocenters. The van der Waals surface area contributed by atoms with Crippen molar-refractivity contribution in [2.45, 2.75) is 0 Å². The molecule has 0 bridgehead atoms. The molecule has 1 N–H and O–H groups in total. The molecule has 0 atom stereocenters. The number of aromatic carboxylic acids is 1. The van der Waals surface area contributed by atoms with Crippen LogP contribution in [0.5, 0.6) is 0 Å². The molecule has 0 radical (unpaired) electrons. The van der Waals surface area contributed by atoms with Gasteiger partial charge in [-0.05, 0) is 24.3 Å². The molecule has 3 heterocycles. The van der Waals surface area contributed by atoms with Gasteiger partial charge in [-0.15, -0.1) is 0 Å². The summed E-state index contributed by atoms with van der Waals surface area (Å²) in [6.07, 6.45) is 4.72. The molecule has 6 nitrogen and oxygen atoms in total. The van der Waals surface area contributed by atoms with E-state index >= 15 is 0 Å². The molecule has 0 aliphatic heterocycles. The molecule has 0 aliphatic rings. The summed E-state index contributed by atoms with van der Waals surface area (Å²) in [7, 11) is 0. The summed E-state index contributed by atoms with van der Waals surface area (Å²) in [4.78, 5) is 19.4. The Labute approximate surface area is 124 Å². The summed E-state index contributed by atoms with van der Waals surface area (Å²) in [6.45, 7) is 0. The van der Waals surface area contributed by atoms with Gasteiger partial charge in [0.2, 0.25) is 0 Å². The van der Waals surface area contributed by atoms with Crippen LogP contribution in [0.15, 0.2) is 48.9 Å².